The van der Waals surface area contributed by atoms with E-state index in [0.29, 0.717) is 41.4 Å². The van der Waals surface area contributed by atoms with Crippen LogP contribution in [-0.2, 0) is 0 Å². The Morgan fingerprint density at radius 1 is 1.08 bits per heavy atom. The number of carbonyl (C=O) groups is 1. The van der Waals surface area contributed by atoms with Gasteiger partial charge in [-0.2, -0.15) is 5.26 Å². The number of nitrogens with one attached hydrogen (secondary N) is 1. The fourth-order valence-corrected chi connectivity index (χ4v) is 5.36. The Hall–Kier alpha value is -3.44. The molecular weight excluding hydrogens is 456 g/mol. The Morgan fingerprint density at radius 3 is 2.39 bits per heavy atom. The molecule has 1 N–H and O–H groups in total. The van der Waals surface area contributed by atoms with Gasteiger partial charge in [-0.3, -0.25) is 4.90 Å². The molecule has 2 fully saturated rings. The summed E-state index contributed by atoms with van der Waals surface area (Å²) in [7, 11) is 3.22. The normalized spacial score (nSPS) is 19.9. The van der Waals surface area contributed by atoms with Crippen LogP contribution in [0.5, 0.6) is 17.2 Å². The predicted octanol–water partition coefficient (Wildman–Crippen LogP) is 4.35. The molecule has 0 spiro atoms. The van der Waals surface area contributed by atoms with E-state index in [0.717, 1.165) is 50.9 Å². The first-order valence-corrected chi connectivity index (χ1v) is 12.7. The molecule has 8 nitrogen and oxygen atoms in total. The number of nitriles is 1. The number of fused-ring (bicyclic) bond motifs is 2. The Labute approximate surface area is 213 Å². The van der Waals surface area contributed by atoms with Gasteiger partial charge < -0.3 is 24.4 Å². The number of rotatable bonds is 10. The van der Waals surface area contributed by atoms with Crippen molar-refractivity contribution in [1.29, 1.82) is 5.26 Å². The molecule has 2 bridgehead atoms. The van der Waals surface area contributed by atoms with Crippen LogP contribution in [0, 0.1) is 11.3 Å². The summed E-state index contributed by atoms with van der Waals surface area (Å²) in [6.07, 6.45) is 3.91. The molecule has 4 rings (SSSR count). The van der Waals surface area contributed by atoms with Crippen LogP contribution >= 0.6 is 0 Å². The number of hydrogen-bond acceptors (Lipinski definition) is 6. The van der Waals surface area contributed by atoms with Crippen molar-refractivity contribution in [2.24, 2.45) is 0 Å². The third-order valence-corrected chi connectivity index (χ3v) is 7.18. The first-order chi connectivity index (χ1) is 17.6. The Balaban J connectivity index is 1.42. The molecule has 8 heteroatoms. The number of carbonyl (C=O) groups excluding carboxylic acids is 1. The van der Waals surface area contributed by atoms with Crippen molar-refractivity contribution in [2.45, 2.75) is 50.8 Å². The summed E-state index contributed by atoms with van der Waals surface area (Å²) in [6.45, 7) is 5.18. The van der Waals surface area contributed by atoms with E-state index in [4.69, 9.17) is 14.2 Å². The highest BCUT2D eigenvalue weighted by atomic mass is 16.5. The second kappa shape index (κ2) is 12.0. The Bertz CT molecular complexity index is 1050. The van der Waals surface area contributed by atoms with Crippen LogP contribution < -0.4 is 19.5 Å². The van der Waals surface area contributed by atoms with Crippen molar-refractivity contribution in [3.05, 3.63) is 53.6 Å². The summed E-state index contributed by atoms with van der Waals surface area (Å²) < 4.78 is 17.3. The second-order valence-electron chi connectivity index (χ2n) is 9.36. The van der Waals surface area contributed by atoms with Gasteiger partial charge in [-0.1, -0.05) is 12.1 Å². The van der Waals surface area contributed by atoms with E-state index in [9.17, 15) is 10.1 Å². The van der Waals surface area contributed by atoms with Crippen LogP contribution in [-0.4, -0.2) is 68.3 Å². The van der Waals surface area contributed by atoms with Crippen LogP contribution in [0.25, 0.3) is 0 Å². The van der Waals surface area contributed by atoms with E-state index in [1.807, 2.05) is 54.3 Å². The molecule has 2 heterocycles. The van der Waals surface area contributed by atoms with Crippen LogP contribution in [0.1, 0.15) is 49.8 Å². The highest BCUT2D eigenvalue weighted by Crippen LogP contribution is 2.35. The number of hydrogen-bond donors (Lipinski definition) is 1. The van der Waals surface area contributed by atoms with Crippen molar-refractivity contribution in [3.8, 4) is 23.3 Å². The number of urea groups is 1. The van der Waals surface area contributed by atoms with Crippen LogP contribution in [0.15, 0.2) is 42.5 Å². The minimum atomic E-state index is -0.162. The summed E-state index contributed by atoms with van der Waals surface area (Å²) in [5, 5.41) is 12.1. The maximum atomic E-state index is 12.3. The molecule has 2 saturated heterocycles. The molecule has 2 aromatic rings. The first kappa shape index (κ1) is 25.6. The lowest BCUT2D eigenvalue weighted by atomic mass is 10.0. The molecule has 2 aliphatic heterocycles. The summed E-state index contributed by atoms with van der Waals surface area (Å²) in [6, 6.07) is 16.3. The largest absolute Gasteiger partial charge is 0.493 e. The SMILES string of the molecule is CCNC(=O)N1CC2CCC(C1)N2CCCC(Oc1ccc(OC)c(OC)c1)c1ccc(C#N)cc1. The zero-order valence-electron chi connectivity index (χ0n) is 21.4. The van der Waals surface area contributed by atoms with Crippen LogP contribution in [0.2, 0.25) is 0 Å². The minimum Gasteiger partial charge on any atom is -0.493 e. The number of benzene rings is 2. The molecule has 36 heavy (non-hydrogen) atoms. The van der Waals surface area contributed by atoms with Crippen LogP contribution in [0.4, 0.5) is 4.79 Å². The molecule has 2 aromatic carbocycles. The van der Waals surface area contributed by atoms with Gasteiger partial charge >= 0.3 is 6.03 Å². The quantitative estimate of drug-likeness (QED) is 0.531. The van der Waals surface area contributed by atoms with Crippen molar-refractivity contribution in [1.82, 2.24) is 15.1 Å². The average Bonchev–Trinajstić information content (AvgIpc) is 3.14. The van der Waals surface area contributed by atoms with Crippen LogP contribution in [0.3, 0.4) is 0 Å². The lowest BCUT2D eigenvalue weighted by molar-refractivity contribution is 0.0775. The Kier molecular flexibility index (Phi) is 8.55. The Morgan fingerprint density at radius 2 is 1.78 bits per heavy atom. The van der Waals surface area contributed by atoms with Gasteiger partial charge in [0.05, 0.1) is 25.9 Å². The van der Waals surface area contributed by atoms with E-state index in [2.05, 4.69) is 16.3 Å². The van der Waals surface area contributed by atoms with E-state index < -0.39 is 0 Å². The highest BCUT2D eigenvalue weighted by Gasteiger charge is 2.40. The topological polar surface area (TPSA) is 87.1 Å². The van der Waals surface area contributed by atoms with Gasteiger partial charge in [0, 0.05) is 37.8 Å². The standard InChI is InChI=1S/C28H36N4O4/c1-4-30-28(33)31-18-22-11-12-23(19-31)32(22)15-5-6-25(21-9-7-20(17-29)8-10-21)36-24-13-14-26(34-2)27(16-24)35-3/h7-10,13-14,16,22-23,25H,4-6,11-12,15,18-19H2,1-3H3,(H,30,33). The summed E-state index contributed by atoms with van der Waals surface area (Å²) >= 11 is 0. The van der Waals surface area contributed by atoms with E-state index >= 15 is 0 Å². The predicted molar refractivity (Wildman–Crippen MR) is 137 cm³/mol. The fraction of sp³-hybridized carbons (Fsp3) is 0.500. The molecular formula is C28H36N4O4. The molecule has 0 aromatic heterocycles. The van der Waals surface area contributed by atoms with Crippen molar-refractivity contribution >= 4 is 6.03 Å². The van der Waals surface area contributed by atoms with Gasteiger partial charge in [-0.15, -0.1) is 0 Å². The molecule has 192 valence electrons. The summed E-state index contributed by atoms with van der Waals surface area (Å²) in [4.78, 5) is 16.9. The van der Waals surface area contributed by atoms with E-state index in [1.165, 1.54) is 0 Å². The van der Waals surface area contributed by atoms with Gasteiger partial charge in [0.15, 0.2) is 11.5 Å². The maximum Gasteiger partial charge on any atom is 0.317 e. The van der Waals surface area contributed by atoms with E-state index in [1.54, 1.807) is 14.2 Å². The molecule has 3 unspecified atom stereocenters. The smallest absolute Gasteiger partial charge is 0.317 e. The molecule has 0 aliphatic carbocycles. The third-order valence-electron chi connectivity index (χ3n) is 7.18. The summed E-state index contributed by atoms with van der Waals surface area (Å²) in [5.41, 5.74) is 1.66. The van der Waals surface area contributed by atoms with Crippen molar-refractivity contribution < 1.29 is 19.0 Å². The lowest BCUT2D eigenvalue weighted by Crippen LogP contribution is -2.57. The van der Waals surface area contributed by atoms with Gasteiger partial charge in [0.1, 0.15) is 11.9 Å². The minimum absolute atomic E-state index is 0.0539. The second-order valence-corrected chi connectivity index (χ2v) is 9.36. The first-order valence-electron chi connectivity index (χ1n) is 12.7. The van der Waals surface area contributed by atoms with E-state index in [-0.39, 0.29) is 12.1 Å². The lowest BCUT2D eigenvalue weighted by Gasteiger charge is -2.41. The third kappa shape index (κ3) is 5.85. The molecule has 3 atom stereocenters. The molecule has 2 amide bonds. The average molecular weight is 493 g/mol. The van der Waals surface area contributed by atoms with Gasteiger partial charge in [-0.05, 0) is 69.0 Å². The monoisotopic (exact) mass is 492 g/mol. The number of piperazine rings is 1. The van der Waals surface area contributed by atoms with Gasteiger partial charge in [-0.25, -0.2) is 4.79 Å². The molecule has 0 radical (unpaired) electrons. The number of ether oxygens (including phenoxy) is 3. The van der Waals surface area contributed by atoms with Gasteiger partial charge in [0.25, 0.3) is 0 Å². The zero-order valence-corrected chi connectivity index (χ0v) is 21.4. The zero-order chi connectivity index (χ0) is 25.5. The number of methoxy groups -OCH3 is 2. The summed E-state index contributed by atoms with van der Waals surface area (Å²) in [5.74, 6) is 1.98. The van der Waals surface area contributed by atoms with Gasteiger partial charge in [0.2, 0.25) is 0 Å². The van der Waals surface area contributed by atoms with Crippen molar-refractivity contribution in [2.75, 3.05) is 40.4 Å². The highest BCUT2D eigenvalue weighted by molar-refractivity contribution is 5.74. The number of amides is 2. The number of likely N-dealkylation sites (tertiary alicyclic amines) is 1. The molecule has 0 saturated carbocycles. The van der Waals surface area contributed by atoms with Crippen molar-refractivity contribution in [3.63, 3.8) is 0 Å². The fourth-order valence-electron chi connectivity index (χ4n) is 5.36. The number of nitrogens with zero attached hydrogens (tertiary/aromatic N) is 3. The maximum absolute atomic E-state index is 12.3. The molecule has 2 aliphatic rings.